The zero-order chi connectivity index (χ0) is 18.1. The van der Waals surface area contributed by atoms with Crippen molar-refractivity contribution in [3.63, 3.8) is 0 Å². The van der Waals surface area contributed by atoms with Gasteiger partial charge in [-0.25, -0.2) is 0 Å². The van der Waals surface area contributed by atoms with Gasteiger partial charge in [-0.3, -0.25) is 9.78 Å². The summed E-state index contributed by atoms with van der Waals surface area (Å²) >= 11 is 0. The largest absolute Gasteiger partial charge is 0.480 e. The number of benzene rings is 1. The lowest BCUT2D eigenvalue weighted by atomic mass is 9.96. The number of aromatic nitrogens is 1. The molecule has 4 heteroatoms. The third-order valence-corrected chi connectivity index (χ3v) is 5.24. The summed E-state index contributed by atoms with van der Waals surface area (Å²) in [7, 11) is 0. The van der Waals surface area contributed by atoms with Crippen LogP contribution in [0.2, 0.25) is 0 Å². The summed E-state index contributed by atoms with van der Waals surface area (Å²) in [5.74, 6) is 0.520. The topological polar surface area (TPSA) is 51.2 Å². The molecule has 0 fully saturated rings. The van der Waals surface area contributed by atoms with Crippen LogP contribution in [0.1, 0.15) is 53.1 Å². The first-order valence-electron chi connectivity index (χ1n) is 8.54. The first-order chi connectivity index (χ1) is 11.7. The van der Waals surface area contributed by atoms with Gasteiger partial charge in [0.1, 0.15) is 11.4 Å². The summed E-state index contributed by atoms with van der Waals surface area (Å²) < 4.78 is 6.27. The van der Waals surface area contributed by atoms with E-state index in [2.05, 4.69) is 24.4 Å². The standard InChI is InChI=1S/C21H22N2O2/c1-10-7-14-16(9-11(10)2)23-20(24)17(14)18-15-8-12(3)13(4)22-19(15)21(5,6)25-18/h7-9H,1-6H3,(H,23,24)/b18-17+. The van der Waals surface area contributed by atoms with Gasteiger partial charge in [-0.1, -0.05) is 0 Å². The molecule has 0 atom stereocenters. The average molecular weight is 334 g/mol. The molecule has 0 saturated heterocycles. The van der Waals surface area contributed by atoms with Gasteiger partial charge in [0.15, 0.2) is 0 Å². The Morgan fingerprint density at radius 2 is 1.60 bits per heavy atom. The molecule has 0 unspecified atom stereocenters. The second kappa shape index (κ2) is 4.94. The Morgan fingerprint density at radius 3 is 2.32 bits per heavy atom. The van der Waals surface area contributed by atoms with Gasteiger partial charge in [-0.05, 0) is 76.4 Å². The molecular weight excluding hydrogens is 312 g/mol. The molecule has 1 aromatic carbocycles. The zero-order valence-corrected chi connectivity index (χ0v) is 15.5. The molecule has 3 heterocycles. The summed E-state index contributed by atoms with van der Waals surface area (Å²) in [6, 6.07) is 6.17. The van der Waals surface area contributed by atoms with Gasteiger partial charge in [-0.2, -0.15) is 0 Å². The van der Waals surface area contributed by atoms with Crippen molar-refractivity contribution in [2.75, 3.05) is 5.32 Å². The van der Waals surface area contributed by atoms with Gasteiger partial charge in [0.2, 0.25) is 0 Å². The maximum Gasteiger partial charge on any atom is 0.260 e. The molecule has 1 aromatic heterocycles. The molecule has 0 spiro atoms. The highest BCUT2D eigenvalue weighted by atomic mass is 16.5. The van der Waals surface area contributed by atoms with E-state index in [1.54, 1.807) is 0 Å². The molecule has 2 aromatic rings. The summed E-state index contributed by atoms with van der Waals surface area (Å²) in [6.07, 6.45) is 0. The molecule has 0 radical (unpaired) electrons. The van der Waals surface area contributed by atoms with Crippen molar-refractivity contribution in [1.82, 2.24) is 4.98 Å². The predicted octanol–water partition coefficient (Wildman–Crippen LogP) is 4.40. The van der Waals surface area contributed by atoms with Crippen LogP contribution >= 0.6 is 0 Å². The number of nitrogens with one attached hydrogen (secondary N) is 1. The first-order valence-corrected chi connectivity index (χ1v) is 8.54. The lowest BCUT2D eigenvalue weighted by Crippen LogP contribution is -2.17. The van der Waals surface area contributed by atoms with E-state index in [1.165, 1.54) is 0 Å². The molecule has 25 heavy (non-hydrogen) atoms. The van der Waals surface area contributed by atoms with Gasteiger partial charge in [0, 0.05) is 22.5 Å². The summed E-state index contributed by atoms with van der Waals surface area (Å²) in [5, 5.41) is 2.98. The van der Waals surface area contributed by atoms with E-state index in [4.69, 9.17) is 9.72 Å². The van der Waals surface area contributed by atoms with Crippen molar-refractivity contribution in [1.29, 1.82) is 0 Å². The zero-order valence-electron chi connectivity index (χ0n) is 15.5. The van der Waals surface area contributed by atoms with E-state index in [0.717, 1.165) is 44.9 Å². The SMILES string of the molecule is Cc1cc2c(cc1C)/C(=C1\OC(C)(C)c3nc(C)c(C)cc31)C(=O)N2. The smallest absolute Gasteiger partial charge is 0.260 e. The highest BCUT2D eigenvalue weighted by molar-refractivity contribution is 6.36. The molecule has 128 valence electrons. The molecule has 2 aliphatic rings. The highest BCUT2D eigenvalue weighted by Crippen LogP contribution is 2.48. The predicted molar refractivity (Wildman–Crippen MR) is 99.2 cm³/mol. The van der Waals surface area contributed by atoms with Crippen LogP contribution in [-0.2, 0) is 15.1 Å². The monoisotopic (exact) mass is 334 g/mol. The normalized spacial score (nSPS) is 20.2. The van der Waals surface area contributed by atoms with Gasteiger partial charge in [0.25, 0.3) is 5.91 Å². The van der Waals surface area contributed by atoms with Crippen LogP contribution in [0.3, 0.4) is 0 Å². The molecule has 2 aliphatic heterocycles. The van der Waals surface area contributed by atoms with Crippen LogP contribution in [0.25, 0.3) is 11.3 Å². The Hall–Kier alpha value is -2.62. The molecule has 0 bridgehead atoms. The van der Waals surface area contributed by atoms with Crippen molar-refractivity contribution in [2.24, 2.45) is 0 Å². The van der Waals surface area contributed by atoms with E-state index >= 15 is 0 Å². The third kappa shape index (κ3) is 2.20. The summed E-state index contributed by atoms with van der Waals surface area (Å²) in [6.45, 7) is 12.1. The quantitative estimate of drug-likeness (QED) is 0.727. The van der Waals surface area contributed by atoms with Gasteiger partial charge in [-0.15, -0.1) is 0 Å². The molecule has 0 saturated carbocycles. The minimum atomic E-state index is -0.557. The molecule has 1 amide bonds. The number of anilines is 1. The van der Waals surface area contributed by atoms with Crippen molar-refractivity contribution >= 4 is 22.9 Å². The maximum absolute atomic E-state index is 12.7. The van der Waals surface area contributed by atoms with Crippen LogP contribution in [0.4, 0.5) is 5.69 Å². The first kappa shape index (κ1) is 15.9. The number of hydrogen-bond donors (Lipinski definition) is 1. The van der Waals surface area contributed by atoms with E-state index < -0.39 is 5.60 Å². The van der Waals surface area contributed by atoms with E-state index in [9.17, 15) is 4.79 Å². The number of aryl methyl sites for hydroxylation is 4. The summed E-state index contributed by atoms with van der Waals surface area (Å²) in [4.78, 5) is 17.5. The number of pyridine rings is 1. The van der Waals surface area contributed by atoms with Crippen LogP contribution in [0, 0.1) is 27.7 Å². The van der Waals surface area contributed by atoms with Gasteiger partial charge < -0.3 is 10.1 Å². The van der Waals surface area contributed by atoms with Crippen molar-refractivity contribution < 1.29 is 9.53 Å². The molecule has 1 N–H and O–H groups in total. The third-order valence-electron chi connectivity index (χ3n) is 5.24. The van der Waals surface area contributed by atoms with Crippen LogP contribution in [-0.4, -0.2) is 10.9 Å². The van der Waals surface area contributed by atoms with E-state index in [-0.39, 0.29) is 5.91 Å². The Kier molecular flexibility index (Phi) is 3.14. The number of fused-ring (bicyclic) bond motifs is 2. The van der Waals surface area contributed by atoms with Crippen molar-refractivity contribution in [3.05, 3.63) is 57.4 Å². The van der Waals surface area contributed by atoms with Crippen LogP contribution in [0.5, 0.6) is 0 Å². The Labute approximate surface area is 147 Å². The second-order valence-corrected chi connectivity index (χ2v) is 7.54. The Morgan fingerprint density at radius 1 is 0.960 bits per heavy atom. The fourth-order valence-corrected chi connectivity index (χ4v) is 3.54. The lowest BCUT2D eigenvalue weighted by Gasteiger charge is -2.19. The second-order valence-electron chi connectivity index (χ2n) is 7.54. The Bertz CT molecular complexity index is 984. The number of rotatable bonds is 0. The van der Waals surface area contributed by atoms with Crippen LogP contribution < -0.4 is 5.32 Å². The van der Waals surface area contributed by atoms with E-state index in [1.807, 2.05) is 40.7 Å². The Balaban J connectivity index is 2.03. The number of amides is 1. The number of nitrogens with zero attached hydrogens (tertiary/aromatic N) is 1. The fourth-order valence-electron chi connectivity index (χ4n) is 3.54. The maximum atomic E-state index is 12.7. The van der Waals surface area contributed by atoms with Crippen molar-refractivity contribution in [2.45, 2.75) is 47.1 Å². The number of carbonyl (C=O) groups is 1. The lowest BCUT2D eigenvalue weighted by molar-refractivity contribution is -0.110. The molecule has 4 rings (SSSR count). The highest BCUT2D eigenvalue weighted by Gasteiger charge is 2.42. The minimum absolute atomic E-state index is 0.114. The number of carbonyl (C=O) groups excluding carboxylic acids is 1. The summed E-state index contributed by atoms with van der Waals surface area (Å²) in [5.41, 5.74) is 8.02. The number of ether oxygens (including phenoxy) is 1. The molecule has 4 nitrogen and oxygen atoms in total. The minimum Gasteiger partial charge on any atom is -0.480 e. The van der Waals surface area contributed by atoms with Gasteiger partial charge in [0.05, 0.1) is 11.3 Å². The van der Waals surface area contributed by atoms with Crippen molar-refractivity contribution in [3.8, 4) is 0 Å². The average Bonchev–Trinajstić information content (AvgIpc) is 2.95. The fraction of sp³-hybridized carbons (Fsp3) is 0.333. The number of hydrogen-bond acceptors (Lipinski definition) is 3. The molecular formula is C21H22N2O2. The van der Waals surface area contributed by atoms with Crippen LogP contribution in [0.15, 0.2) is 18.2 Å². The molecule has 0 aliphatic carbocycles. The van der Waals surface area contributed by atoms with Gasteiger partial charge >= 0.3 is 0 Å². The van der Waals surface area contributed by atoms with E-state index in [0.29, 0.717) is 11.3 Å².